The van der Waals surface area contributed by atoms with Crippen LogP contribution >= 0.6 is 0 Å². The van der Waals surface area contributed by atoms with Crippen LogP contribution in [-0.4, -0.2) is 22.3 Å². The lowest BCUT2D eigenvalue weighted by atomic mass is 9.97. The summed E-state index contributed by atoms with van der Waals surface area (Å²) in [5.74, 6) is 0. The van der Waals surface area contributed by atoms with Crippen molar-refractivity contribution in [2.45, 2.75) is 58.7 Å². The molecule has 0 aliphatic heterocycles. The van der Waals surface area contributed by atoms with E-state index in [2.05, 4.69) is 26.1 Å². The topological polar surface area (TPSA) is 32.3 Å². The highest BCUT2D eigenvalue weighted by atomic mass is 16.3. The second-order valence-corrected chi connectivity index (χ2v) is 4.77. The van der Waals surface area contributed by atoms with Gasteiger partial charge in [0.15, 0.2) is 0 Å². The molecule has 0 fully saturated rings. The Morgan fingerprint density at radius 3 is 1.55 bits per heavy atom. The monoisotopic (exact) mass is 159 g/mol. The fourth-order valence-corrected chi connectivity index (χ4v) is 0.826. The van der Waals surface area contributed by atoms with Crippen LogP contribution in [0.5, 0.6) is 0 Å². The first kappa shape index (κ1) is 10.9. The molecule has 2 heteroatoms. The van der Waals surface area contributed by atoms with Gasteiger partial charge in [0.1, 0.15) is 0 Å². The van der Waals surface area contributed by atoms with E-state index in [0.29, 0.717) is 0 Å². The molecule has 0 unspecified atom stereocenters. The molecule has 11 heavy (non-hydrogen) atoms. The minimum atomic E-state index is -0.646. The number of hydrogen-bond acceptors (Lipinski definition) is 2. The Hall–Kier alpha value is -0.0800. The van der Waals surface area contributed by atoms with Gasteiger partial charge in [0, 0.05) is 11.6 Å². The van der Waals surface area contributed by atoms with Gasteiger partial charge < -0.3 is 10.4 Å². The zero-order chi connectivity index (χ0) is 9.28. The van der Waals surface area contributed by atoms with Crippen molar-refractivity contribution in [1.29, 1.82) is 0 Å². The fourth-order valence-electron chi connectivity index (χ4n) is 0.826. The number of rotatable bonds is 2. The molecule has 0 spiro atoms. The minimum Gasteiger partial charge on any atom is -0.389 e. The smallest absolute Gasteiger partial charge is 0.0741 e. The first-order chi connectivity index (χ1) is 4.63. The lowest BCUT2D eigenvalue weighted by molar-refractivity contribution is 0.0349. The first-order valence-electron chi connectivity index (χ1n) is 4.13. The van der Waals surface area contributed by atoms with Crippen LogP contribution in [0.2, 0.25) is 0 Å². The van der Waals surface area contributed by atoms with Crippen LogP contribution in [0.15, 0.2) is 0 Å². The minimum absolute atomic E-state index is 0.0689. The van der Waals surface area contributed by atoms with Gasteiger partial charge in [0.25, 0.3) is 0 Å². The van der Waals surface area contributed by atoms with Crippen molar-refractivity contribution >= 4 is 0 Å². The average molecular weight is 159 g/mol. The van der Waals surface area contributed by atoms with Gasteiger partial charge in [-0.1, -0.05) is 0 Å². The lowest BCUT2D eigenvalue weighted by Gasteiger charge is -2.33. The number of nitrogens with one attached hydrogen (secondary N) is 1. The van der Waals surface area contributed by atoms with Crippen LogP contribution in [0, 0.1) is 0 Å². The summed E-state index contributed by atoms with van der Waals surface area (Å²) in [6.07, 6.45) is 0. The molecule has 2 nitrogen and oxygen atoms in total. The van der Waals surface area contributed by atoms with Crippen molar-refractivity contribution in [3.05, 3.63) is 0 Å². The number of aliphatic hydroxyl groups is 1. The van der Waals surface area contributed by atoms with E-state index >= 15 is 0 Å². The van der Waals surface area contributed by atoms with Crippen molar-refractivity contribution in [2.24, 2.45) is 0 Å². The highest BCUT2D eigenvalue weighted by molar-refractivity contribution is 4.85. The fraction of sp³-hybridized carbons (Fsp3) is 1.00. The van der Waals surface area contributed by atoms with E-state index < -0.39 is 5.60 Å². The molecule has 68 valence electrons. The Morgan fingerprint density at radius 1 is 1.09 bits per heavy atom. The van der Waals surface area contributed by atoms with E-state index in [9.17, 15) is 5.11 Å². The summed E-state index contributed by atoms with van der Waals surface area (Å²) in [6, 6.07) is 0.113. The molecule has 0 saturated carbocycles. The number of hydrogen-bond donors (Lipinski definition) is 2. The Morgan fingerprint density at radius 2 is 1.45 bits per heavy atom. The second-order valence-electron chi connectivity index (χ2n) is 4.77. The summed E-state index contributed by atoms with van der Waals surface area (Å²) < 4.78 is 0. The molecule has 0 bridgehead atoms. The van der Waals surface area contributed by atoms with Gasteiger partial charge in [-0.3, -0.25) is 0 Å². The van der Waals surface area contributed by atoms with E-state index in [1.165, 1.54) is 0 Å². The van der Waals surface area contributed by atoms with E-state index in [4.69, 9.17) is 0 Å². The first-order valence-corrected chi connectivity index (χ1v) is 4.13. The van der Waals surface area contributed by atoms with Gasteiger partial charge in [0.05, 0.1) is 5.60 Å². The third-order valence-electron chi connectivity index (χ3n) is 1.71. The van der Waals surface area contributed by atoms with Gasteiger partial charge >= 0.3 is 0 Å². The zero-order valence-corrected chi connectivity index (χ0v) is 8.52. The maximum atomic E-state index is 9.59. The molecule has 0 rings (SSSR count). The summed E-state index contributed by atoms with van der Waals surface area (Å²) in [7, 11) is 0. The molecule has 0 aromatic heterocycles. The highest BCUT2D eigenvalue weighted by Gasteiger charge is 2.25. The Labute approximate surface area is 70.0 Å². The molecule has 0 aromatic rings. The normalized spacial score (nSPS) is 16.6. The largest absolute Gasteiger partial charge is 0.389 e. The summed E-state index contributed by atoms with van der Waals surface area (Å²) in [5.41, 5.74) is -0.577. The quantitative estimate of drug-likeness (QED) is 0.640. The van der Waals surface area contributed by atoms with Gasteiger partial charge in [-0.05, 0) is 41.5 Å². The molecular weight excluding hydrogens is 138 g/mol. The predicted molar refractivity (Wildman–Crippen MR) is 48.6 cm³/mol. The second kappa shape index (κ2) is 3.11. The summed E-state index contributed by atoms with van der Waals surface area (Å²) >= 11 is 0. The van der Waals surface area contributed by atoms with Crippen LogP contribution in [0.4, 0.5) is 0 Å². The molecular formula is C9H21NO. The van der Waals surface area contributed by atoms with Crippen molar-refractivity contribution in [3.8, 4) is 0 Å². The molecule has 0 aliphatic rings. The maximum absolute atomic E-state index is 9.59. The summed E-state index contributed by atoms with van der Waals surface area (Å²) in [4.78, 5) is 0. The molecule has 2 N–H and O–H groups in total. The molecule has 0 heterocycles. The van der Waals surface area contributed by atoms with Crippen LogP contribution in [-0.2, 0) is 0 Å². The van der Waals surface area contributed by atoms with Crippen molar-refractivity contribution < 1.29 is 5.11 Å². The van der Waals surface area contributed by atoms with Gasteiger partial charge in [-0.15, -0.1) is 0 Å². The van der Waals surface area contributed by atoms with Crippen LogP contribution in [0.1, 0.15) is 41.5 Å². The van der Waals surface area contributed by atoms with Gasteiger partial charge in [-0.25, -0.2) is 0 Å². The zero-order valence-electron chi connectivity index (χ0n) is 8.52. The molecule has 1 atom stereocenters. The van der Waals surface area contributed by atoms with Gasteiger partial charge in [0.2, 0.25) is 0 Å². The van der Waals surface area contributed by atoms with Crippen molar-refractivity contribution in [2.75, 3.05) is 0 Å². The Kier molecular flexibility index (Phi) is 3.09. The standard InChI is InChI=1S/C9H21NO/c1-7(9(5,6)11)10-8(2,3)4/h7,10-11H,1-6H3/t7-/m0/s1. The van der Waals surface area contributed by atoms with Crippen LogP contribution in [0.25, 0.3) is 0 Å². The third-order valence-corrected chi connectivity index (χ3v) is 1.71. The summed E-state index contributed by atoms with van der Waals surface area (Å²) in [5, 5.41) is 12.9. The van der Waals surface area contributed by atoms with Crippen molar-refractivity contribution in [3.63, 3.8) is 0 Å². The third kappa shape index (κ3) is 5.22. The van der Waals surface area contributed by atoms with Crippen molar-refractivity contribution in [1.82, 2.24) is 5.32 Å². The summed E-state index contributed by atoms with van der Waals surface area (Å²) in [6.45, 7) is 11.9. The molecule has 0 amide bonds. The molecule has 0 aliphatic carbocycles. The van der Waals surface area contributed by atoms with E-state index in [0.717, 1.165) is 0 Å². The van der Waals surface area contributed by atoms with Gasteiger partial charge in [-0.2, -0.15) is 0 Å². The highest BCUT2D eigenvalue weighted by Crippen LogP contribution is 2.11. The lowest BCUT2D eigenvalue weighted by Crippen LogP contribution is -2.52. The van der Waals surface area contributed by atoms with E-state index in [-0.39, 0.29) is 11.6 Å². The Balaban J connectivity index is 3.99. The van der Waals surface area contributed by atoms with Crippen LogP contribution in [0.3, 0.4) is 0 Å². The Bertz CT molecular complexity index is 119. The predicted octanol–water partition coefficient (Wildman–Crippen LogP) is 1.53. The molecule has 0 radical (unpaired) electrons. The maximum Gasteiger partial charge on any atom is 0.0741 e. The van der Waals surface area contributed by atoms with E-state index in [1.807, 2.05) is 20.8 Å². The van der Waals surface area contributed by atoms with Crippen LogP contribution < -0.4 is 5.32 Å². The molecule has 0 aromatic carbocycles. The van der Waals surface area contributed by atoms with E-state index in [1.54, 1.807) is 0 Å². The SMILES string of the molecule is C[C@H](NC(C)(C)C)C(C)(C)O. The molecule has 0 saturated heterocycles. The average Bonchev–Trinajstić information content (AvgIpc) is 1.56.